The van der Waals surface area contributed by atoms with E-state index < -0.39 is 4.92 Å². The number of amides is 1. The lowest BCUT2D eigenvalue weighted by molar-refractivity contribution is -0.384. The lowest BCUT2D eigenvalue weighted by Crippen LogP contribution is -2.22. The van der Waals surface area contributed by atoms with Gasteiger partial charge in [-0.2, -0.15) is 0 Å². The van der Waals surface area contributed by atoms with Crippen LogP contribution < -0.4 is 5.32 Å². The van der Waals surface area contributed by atoms with Crippen molar-refractivity contribution in [3.8, 4) is 0 Å². The normalized spacial score (nSPS) is 10.1. The number of carbonyl (C=O) groups excluding carboxylic acids is 1. The second-order valence-corrected chi connectivity index (χ2v) is 4.70. The van der Waals surface area contributed by atoms with E-state index in [1.165, 1.54) is 24.3 Å². The van der Waals surface area contributed by atoms with Gasteiger partial charge in [0.15, 0.2) is 0 Å². The fraction of sp³-hybridized carbons (Fsp3) is 0.133. The summed E-state index contributed by atoms with van der Waals surface area (Å²) in [7, 11) is 0. The standard InChI is InChI=1S/C15H13ClN2O3/c16-9-11-1-3-12(4-2-11)10-17-15(19)13-5-7-14(8-6-13)18(20)21/h1-8H,9-10H2,(H,17,19). The van der Waals surface area contributed by atoms with E-state index in [2.05, 4.69) is 5.32 Å². The van der Waals surface area contributed by atoms with Crippen LogP contribution in [-0.4, -0.2) is 10.8 Å². The Morgan fingerprint density at radius 2 is 1.62 bits per heavy atom. The van der Waals surface area contributed by atoms with Crippen LogP contribution in [0.25, 0.3) is 0 Å². The van der Waals surface area contributed by atoms with Crippen molar-refractivity contribution in [1.29, 1.82) is 0 Å². The SMILES string of the molecule is O=C(NCc1ccc(CCl)cc1)c1ccc([N+](=O)[O-])cc1. The largest absolute Gasteiger partial charge is 0.348 e. The summed E-state index contributed by atoms with van der Waals surface area (Å²) in [6, 6.07) is 13.1. The molecule has 1 amide bonds. The Bertz CT molecular complexity index is 639. The van der Waals surface area contributed by atoms with Crippen molar-refractivity contribution in [1.82, 2.24) is 5.32 Å². The zero-order chi connectivity index (χ0) is 15.2. The summed E-state index contributed by atoms with van der Waals surface area (Å²) in [6.45, 7) is 0.387. The number of non-ortho nitro benzene ring substituents is 1. The van der Waals surface area contributed by atoms with Crippen molar-refractivity contribution in [2.45, 2.75) is 12.4 Å². The molecular weight excluding hydrogens is 292 g/mol. The van der Waals surface area contributed by atoms with Crippen LogP contribution >= 0.6 is 11.6 Å². The lowest BCUT2D eigenvalue weighted by Gasteiger charge is -2.06. The molecular formula is C15H13ClN2O3. The van der Waals surface area contributed by atoms with Gasteiger partial charge < -0.3 is 5.32 Å². The van der Waals surface area contributed by atoms with Crippen LogP contribution in [-0.2, 0) is 12.4 Å². The third-order valence-corrected chi connectivity index (χ3v) is 3.28. The summed E-state index contributed by atoms with van der Waals surface area (Å²) in [4.78, 5) is 22.0. The van der Waals surface area contributed by atoms with Crippen LogP contribution in [0.4, 0.5) is 5.69 Å². The molecule has 0 saturated carbocycles. The maximum absolute atomic E-state index is 11.9. The van der Waals surface area contributed by atoms with Gasteiger partial charge in [0.1, 0.15) is 0 Å². The predicted molar refractivity (Wildman–Crippen MR) is 80.3 cm³/mol. The summed E-state index contributed by atoms with van der Waals surface area (Å²) in [5.41, 5.74) is 2.32. The zero-order valence-electron chi connectivity index (χ0n) is 11.1. The summed E-state index contributed by atoms with van der Waals surface area (Å²) in [6.07, 6.45) is 0. The molecule has 0 aliphatic heterocycles. The van der Waals surface area contributed by atoms with E-state index in [9.17, 15) is 14.9 Å². The Balaban J connectivity index is 1.95. The molecule has 2 rings (SSSR count). The Morgan fingerprint density at radius 3 is 2.14 bits per heavy atom. The molecule has 0 bridgehead atoms. The van der Waals surface area contributed by atoms with Gasteiger partial charge in [-0.25, -0.2) is 0 Å². The molecule has 0 aromatic heterocycles. The minimum Gasteiger partial charge on any atom is -0.348 e. The molecule has 108 valence electrons. The highest BCUT2D eigenvalue weighted by molar-refractivity contribution is 6.17. The topological polar surface area (TPSA) is 72.2 Å². The van der Waals surface area contributed by atoms with E-state index in [4.69, 9.17) is 11.6 Å². The van der Waals surface area contributed by atoms with E-state index in [1.54, 1.807) is 0 Å². The molecule has 0 spiro atoms. The number of halogens is 1. The van der Waals surface area contributed by atoms with E-state index in [0.29, 0.717) is 18.0 Å². The maximum atomic E-state index is 11.9. The smallest absolute Gasteiger partial charge is 0.269 e. The summed E-state index contributed by atoms with van der Waals surface area (Å²) in [5.74, 6) is 0.182. The van der Waals surface area contributed by atoms with Gasteiger partial charge in [0.2, 0.25) is 0 Å². The van der Waals surface area contributed by atoms with Gasteiger partial charge in [0, 0.05) is 30.1 Å². The van der Waals surface area contributed by atoms with E-state index in [1.807, 2.05) is 24.3 Å². The molecule has 0 aliphatic rings. The highest BCUT2D eigenvalue weighted by Gasteiger charge is 2.09. The molecule has 2 aromatic carbocycles. The Kier molecular flexibility index (Phi) is 4.90. The number of alkyl halides is 1. The molecule has 0 fully saturated rings. The predicted octanol–water partition coefficient (Wildman–Crippen LogP) is 3.26. The molecule has 5 nitrogen and oxygen atoms in total. The van der Waals surface area contributed by atoms with Gasteiger partial charge in [0.25, 0.3) is 11.6 Å². The highest BCUT2D eigenvalue weighted by atomic mass is 35.5. The van der Waals surface area contributed by atoms with Crippen molar-refractivity contribution in [3.63, 3.8) is 0 Å². The first-order valence-corrected chi connectivity index (χ1v) is 6.80. The van der Waals surface area contributed by atoms with Crippen molar-refractivity contribution in [3.05, 3.63) is 75.3 Å². The molecule has 2 aromatic rings. The van der Waals surface area contributed by atoms with Crippen LogP contribution in [0.2, 0.25) is 0 Å². The van der Waals surface area contributed by atoms with Gasteiger partial charge in [-0.15, -0.1) is 11.6 Å². The number of hydrogen-bond donors (Lipinski definition) is 1. The quantitative estimate of drug-likeness (QED) is 0.523. The van der Waals surface area contributed by atoms with Crippen LogP contribution in [0.3, 0.4) is 0 Å². The second kappa shape index (κ2) is 6.85. The zero-order valence-corrected chi connectivity index (χ0v) is 11.8. The molecule has 0 unspecified atom stereocenters. The van der Waals surface area contributed by atoms with Gasteiger partial charge in [-0.1, -0.05) is 24.3 Å². The average molecular weight is 305 g/mol. The Hall–Kier alpha value is -2.40. The van der Waals surface area contributed by atoms with Crippen molar-refractivity contribution in [2.24, 2.45) is 0 Å². The third-order valence-electron chi connectivity index (χ3n) is 2.97. The number of nitro groups is 1. The number of nitrogens with zero attached hydrogens (tertiary/aromatic N) is 1. The van der Waals surface area contributed by atoms with Crippen molar-refractivity contribution in [2.75, 3.05) is 0 Å². The van der Waals surface area contributed by atoms with E-state index in [0.717, 1.165) is 11.1 Å². The molecule has 0 saturated heterocycles. The fourth-order valence-electron chi connectivity index (χ4n) is 1.77. The molecule has 21 heavy (non-hydrogen) atoms. The van der Waals surface area contributed by atoms with Gasteiger partial charge in [-0.05, 0) is 23.3 Å². The van der Waals surface area contributed by atoms with Gasteiger partial charge in [0.05, 0.1) is 4.92 Å². The first-order valence-electron chi connectivity index (χ1n) is 6.26. The first-order chi connectivity index (χ1) is 10.1. The van der Waals surface area contributed by atoms with Crippen molar-refractivity contribution >= 4 is 23.2 Å². The molecule has 1 N–H and O–H groups in total. The summed E-state index contributed by atoms with van der Waals surface area (Å²) >= 11 is 5.70. The van der Waals surface area contributed by atoms with E-state index >= 15 is 0 Å². The van der Waals surface area contributed by atoms with Crippen LogP contribution in [0.5, 0.6) is 0 Å². The number of nitro benzene ring substituents is 1. The third kappa shape index (κ3) is 4.03. The number of hydrogen-bond acceptors (Lipinski definition) is 3. The fourth-order valence-corrected chi connectivity index (χ4v) is 1.94. The molecule has 6 heteroatoms. The van der Waals surface area contributed by atoms with Gasteiger partial charge in [-0.3, -0.25) is 14.9 Å². The number of nitrogens with one attached hydrogen (secondary N) is 1. The monoisotopic (exact) mass is 304 g/mol. The number of benzene rings is 2. The first kappa shape index (κ1) is 15.0. The average Bonchev–Trinajstić information content (AvgIpc) is 2.53. The van der Waals surface area contributed by atoms with Crippen LogP contribution in [0, 0.1) is 10.1 Å². The van der Waals surface area contributed by atoms with Crippen LogP contribution in [0.1, 0.15) is 21.5 Å². The summed E-state index contributed by atoms with van der Waals surface area (Å²) < 4.78 is 0. The second-order valence-electron chi connectivity index (χ2n) is 4.44. The summed E-state index contributed by atoms with van der Waals surface area (Å²) in [5, 5.41) is 13.3. The minimum absolute atomic E-state index is 0.0387. The van der Waals surface area contributed by atoms with Crippen molar-refractivity contribution < 1.29 is 9.72 Å². The number of rotatable bonds is 5. The molecule has 0 heterocycles. The van der Waals surface area contributed by atoms with E-state index in [-0.39, 0.29) is 11.6 Å². The number of carbonyl (C=O) groups is 1. The molecule has 0 atom stereocenters. The molecule has 0 radical (unpaired) electrons. The Morgan fingerprint density at radius 1 is 1.05 bits per heavy atom. The van der Waals surface area contributed by atoms with Gasteiger partial charge >= 0.3 is 0 Å². The maximum Gasteiger partial charge on any atom is 0.269 e. The highest BCUT2D eigenvalue weighted by Crippen LogP contribution is 2.12. The minimum atomic E-state index is -0.500. The molecule has 0 aliphatic carbocycles. The Labute approximate surface area is 126 Å². The van der Waals surface area contributed by atoms with Crippen LogP contribution in [0.15, 0.2) is 48.5 Å². The lowest BCUT2D eigenvalue weighted by atomic mass is 10.1.